The summed E-state index contributed by atoms with van der Waals surface area (Å²) < 4.78 is 0. The van der Waals surface area contributed by atoms with Gasteiger partial charge in [-0.05, 0) is 42.9 Å². The van der Waals surface area contributed by atoms with E-state index in [1.54, 1.807) is 0 Å². The van der Waals surface area contributed by atoms with Crippen molar-refractivity contribution in [2.45, 2.75) is 25.3 Å². The summed E-state index contributed by atoms with van der Waals surface area (Å²) in [6.07, 6.45) is 4.37. The highest BCUT2D eigenvalue weighted by Crippen LogP contribution is 2.65. The zero-order valence-corrected chi connectivity index (χ0v) is 5.59. The minimum absolute atomic E-state index is 0.596. The van der Waals surface area contributed by atoms with Gasteiger partial charge in [-0.2, -0.15) is 0 Å². The lowest BCUT2D eigenvalue weighted by molar-refractivity contribution is 0.398. The number of nitrogens with two attached hydrogens (primary N) is 1. The molecule has 3 rings (SSSR count). The molecular weight excluding hydrogens is 110 g/mol. The number of fused-ring (bicyclic) bond motifs is 5. The molecule has 3 aliphatic rings. The second kappa shape index (κ2) is 1.20. The van der Waals surface area contributed by atoms with Crippen LogP contribution in [-0.4, -0.2) is 6.04 Å². The van der Waals surface area contributed by atoms with Crippen LogP contribution in [0.4, 0.5) is 0 Å². The van der Waals surface area contributed by atoms with E-state index < -0.39 is 0 Å². The van der Waals surface area contributed by atoms with E-state index in [1.165, 1.54) is 19.3 Å². The van der Waals surface area contributed by atoms with Crippen molar-refractivity contribution in [2.24, 2.45) is 29.4 Å². The monoisotopic (exact) mass is 123 g/mol. The third-order valence-corrected chi connectivity index (χ3v) is 3.75. The topological polar surface area (TPSA) is 26.0 Å². The molecule has 0 spiro atoms. The van der Waals surface area contributed by atoms with Crippen LogP contribution in [-0.2, 0) is 0 Å². The van der Waals surface area contributed by atoms with Gasteiger partial charge in [-0.3, -0.25) is 0 Å². The molecule has 0 aromatic rings. The smallest absolute Gasteiger partial charge is 0.00727 e. The van der Waals surface area contributed by atoms with Crippen LogP contribution in [0.25, 0.3) is 0 Å². The SMILES string of the molecule is N[C@@H]1C[C@H]2C[C@H]1[C@@H]1C[C@@H]21. The zero-order chi connectivity index (χ0) is 6.01. The quantitative estimate of drug-likeness (QED) is 0.510. The Morgan fingerprint density at radius 2 is 1.78 bits per heavy atom. The van der Waals surface area contributed by atoms with Crippen molar-refractivity contribution >= 4 is 0 Å². The first kappa shape index (κ1) is 4.73. The summed E-state index contributed by atoms with van der Waals surface area (Å²) in [5.74, 6) is 4.27. The molecule has 2 bridgehead atoms. The van der Waals surface area contributed by atoms with Gasteiger partial charge in [0.1, 0.15) is 0 Å². The molecule has 0 radical (unpaired) electrons. The van der Waals surface area contributed by atoms with E-state index in [4.69, 9.17) is 5.73 Å². The van der Waals surface area contributed by atoms with Gasteiger partial charge in [0, 0.05) is 6.04 Å². The standard InChI is InChI=1S/C8H13N/c9-8-2-4-1-7(8)6-3-5(4)6/h4-8H,1-3,9H2/t4-,5+,6-,7+,8-/m1/s1. The third kappa shape index (κ3) is 0.420. The van der Waals surface area contributed by atoms with Crippen LogP contribution in [0, 0.1) is 23.7 Å². The van der Waals surface area contributed by atoms with Crippen molar-refractivity contribution in [2.75, 3.05) is 0 Å². The third-order valence-electron chi connectivity index (χ3n) is 3.75. The fraction of sp³-hybridized carbons (Fsp3) is 1.00. The molecule has 0 unspecified atom stereocenters. The summed E-state index contributed by atoms with van der Waals surface area (Å²) in [5.41, 5.74) is 5.94. The number of rotatable bonds is 0. The van der Waals surface area contributed by atoms with Gasteiger partial charge < -0.3 is 5.73 Å². The molecule has 9 heavy (non-hydrogen) atoms. The predicted molar refractivity (Wildman–Crippen MR) is 35.8 cm³/mol. The van der Waals surface area contributed by atoms with Gasteiger partial charge in [-0.1, -0.05) is 0 Å². The van der Waals surface area contributed by atoms with Crippen LogP contribution in [0.15, 0.2) is 0 Å². The maximum Gasteiger partial charge on any atom is 0.00727 e. The van der Waals surface area contributed by atoms with Crippen molar-refractivity contribution < 1.29 is 0 Å². The first-order valence-electron chi connectivity index (χ1n) is 4.12. The largest absolute Gasteiger partial charge is 0.327 e. The van der Waals surface area contributed by atoms with E-state index in [0.29, 0.717) is 6.04 Å². The Kier molecular flexibility index (Phi) is 0.628. The van der Waals surface area contributed by atoms with Crippen molar-refractivity contribution in [3.8, 4) is 0 Å². The summed E-state index contributed by atoms with van der Waals surface area (Å²) in [6, 6.07) is 0.596. The molecule has 2 N–H and O–H groups in total. The van der Waals surface area contributed by atoms with Crippen molar-refractivity contribution in [1.29, 1.82) is 0 Å². The highest BCUT2D eigenvalue weighted by molar-refractivity contribution is 5.10. The molecule has 3 aliphatic carbocycles. The first-order chi connectivity index (χ1) is 4.36. The molecule has 0 aromatic heterocycles. The van der Waals surface area contributed by atoms with Crippen molar-refractivity contribution in [1.82, 2.24) is 0 Å². The van der Waals surface area contributed by atoms with Crippen LogP contribution < -0.4 is 5.73 Å². The average molecular weight is 123 g/mol. The second-order valence-corrected chi connectivity index (χ2v) is 4.12. The summed E-state index contributed by atoms with van der Waals surface area (Å²) >= 11 is 0. The number of hydrogen-bond donors (Lipinski definition) is 1. The molecule has 1 nitrogen and oxygen atoms in total. The fourth-order valence-electron chi connectivity index (χ4n) is 3.26. The zero-order valence-electron chi connectivity index (χ0n) is 5.59. The Bertz CT molecular complexity index is 151. The van der Waals surface area contributed by atoms with Gasteiger partial charge in [-0.25, -0.2) is 0 Å². The molecule has 3 fully saturated rings. The summed E-state index contributed by atoms with van der Waals surface area (Å²) in [7, 11) is 0. The maximum atomic E-state index is 5.94. The van der Waals surface area contributed by atoms with E-state index in [1.807, 2.05) is 0 Å². The molecule has 0 saturated heterocycles. The molecule has 0 aliphatic heterocycles. The van der Waals surface area contributed by atoms with E-state index in [9.17, 15) is 0 Å². The van der Waals surface area contributed by atoms with E-state index in [0.717, 1.165) is 23.7 Å². The Hall–Kier alpha value is -0.0400. The van der Waals surface area contributed by atoms with Crippen LogP contribution in [0.2, 0.25) is 0 Å². The highest BCUT2D eigenvalue weighted by Gasteiger charge is 2.59. The second-order valence-electron chi connectivity index (χ2n) is 4.12. The summed E-state index contributed by atoms with van der Waals surface area (Å²) in [4.78, 5) is 0. The summed E-state index contributed by atoms with van der Waals surface area (Å²) in [6.45, 7) is 0. The molecule has 0 aromatic carbocycles. The molecule has 1 heteroatoms. The van der Waals surface area contributed by atoms with Gasteiger partial charge in [0.05, 0.1) is 0 Å². The predicted octanol–water partition coefficient (Wildman–Crippen LogP) is 0.990. The normalized spacial score (nSPS) is 68.3. The first-order valence-corrected chi connectivity index (χ1v) is 4.12. The van der Waals surface area contributed by atoms with E-state index in [-0.39, 0.29) is 0 Å². The minimum atomic E-state index is 0.596. The Morgan fingerprint density at radius 3 is 2.33 bits per heavy atom. The van der Waals surface area contributed by atoms with Crippen molar-refractivity contribution in [3.63, 3.8) is 0 Å². The minimum Gasteiger partial charge on any atom is -0.327 e. The van der Waals surface area contributed by atoms with Gasteiger partial charge in [0.2, 0.25) is 0 Å². The van der Waals surface area contributed by atoms with E-state index in [2.05, 4.69) is 0 Å². The Balaban J connectivity index is 1.96. The molecule has 5 atom stereocenters. The lowest BCUT2D eigenvalue weighted by Gasteiger charge is -2.15. The fourth-order valence-corrected chi connectivity index (χ4v) is 3.26. The maximum absolute atomic E-state index is 5.94. The van der Waals surface area contributed by atoms with Crippen LogP contribution >= 0.6 is 0 Å². The average Bonchev–Trinajstić information content (AvgIpc) is 2.46. The molecule has 0 amide bonds. The van der Waals surface area contributed by atoms with Gasteiger partial charge in [0.25, 0.3) is 0 Å². The lowest BCUT2D eigenvalue weighted by atomic mass is 9.96. The lowest BCUT2D eigenvalue weighted by Crippen LogP contribution is -2.27. The number of hydrogen-bond acceptors (Lipinski definition) is 1. The van der Waals surface area contributed by atoms with Crippen LogP contribution in [0.1, 0.15) is 19.3 Å². The molecule has 3 saturated carbocycles. The molecule has 0 heterocycles. The van der Waals surface area contributed by atoms with Crippen molar-refractivity contribution in [3.05, 3.63) is 0 Å². The van der Waals surface area contributed by atoms with Crippen LogP contribution in [0.3, 0.4) is 0 Å². The summed E-state index contributed by atoms with van der Waals surface area (Å²) in [5, 5.41) is 0. The Labute approximate surface area is 55.6 Å². The van der Waals surface area contributed by atoms with Crippen LogP contribution in [0.5, 0.6) is 0 Å². The van der Waals surface area contributed by atoms with Gasteiger partial charge in [-0.15, -0.1) is 0 Å². The van der Waals surface area contributed by atoms with Gasteiger partial charge in [0.15, 0.2) is 0 Å². The molecular formula is C8H13N. The van der Waals surface area contributed by atoms with Gasteiger partial charge >= 0.3 is 0 Å². The highest BCUT2D eigenvalue weighted by atomic mass is 14.8. The van der Waals surface area contributed by atoms with E-state index >= 15 is 0 Å². The Morgan fingerprint density at radius 1 is 0.889 bits per heavy atom. The molecule has 50 valence electrons.